The number of nitrogens with zero attached hydrogens (tertiary/aromatic N) is 3. The largest absolute Gasteiger partial charge is 0.343 e. The third-order valence-corrected chi connectivity index (χ3v) is 4.52. The van der Waals surface area contributed by atoms with Gasteiger partial charge in [0.1, 0.15) is 0 Å². The SMILES string of the molecule is CC(C(=O)N1CCNCC1)N1CCN(C)C(=O)C1(C)C. The maximum absolute atomic E-state index is 12.6. The van der Waals surface area contributed by atoms with E-state index >= 15 is 0 Å². The molecule has 2 rings (SSSR count). The number of carbonyl (C=O) groups is 2. The fourth-order valence-electron chi connectivity index (χ4n) is 3.19. The van der Waals surface area contributed by atoms with E-state index in [0.29, 0.717) is 6.54 Å². The van der Waals surface area contributed by atoms with Gasteiger partial charge >= 0.3 is 0 Å². The summed E-state index contributed by atoms with van der Waals surface area (Å²) in [6.07, 6.45) is 0. The topological polar surface area (TPSA) is 55.9 Å². The van der Waals surface area contributed by atoms with Gasteiger partial charge in [0.25, 0.3) is 0 Å². The molecular formula is C14H26N4O2. The van der Waals surface area contributed by atoms with E-state index in [1.807, 2.05) is 37.6 Å². The molecule has 0 radical (unpaired) electrons. The predicted molar refractivity (Wildman–Crippen MR) is 77.3 cm³/mol. The first kappa shape index (κ1) is 15.3. The van der Waals surface area contributed by atoms with E-state index < -0.39 is 5.54 Å². The molecule has 1 unspecified atom stereocenters. The fourth-order valence-corrected chi connectivity index (χ4v) is 3.19. The Bertz CT molecular complexity index is 391. The van der Waals surface area contributed by atoms with Crippen molar-refractivity contribution in [2.24, 2.45) is 0 Å². The Morgan fingerprint density at radius 2 is 1.80 bits per heavy atom. The quantitative estimate of drug-likeness (QED) is 0.732. The van der Waals surface area contributed by atoms with Gasteiger partial charge in [0.2, 0.25) is 11.8 Å². The molecule has 0 aliphatic carbocycles. The molecule has 2 saturated heterocycles. The van der Waals surface area contributed by atoms with Crippen molar-refractivity contribution >= 4 is 11.8 Å². The highest BCUT2D eigenvalue weighted by molar-refractivity contribution is 5.88. The normalized spacial score (nSPS) is 25.7. The summed E-state index contributed by atoms with van der Waals surface area (Å²) in [7, 11) is 1.82. The predicted octanol–water partition coefficient (Wildman–Crippen LogP) is -0.641. The van der Waals surface area contributed by atoms with Crippen molar-refractivity contribution in [3.8, 4) is 0 Å². The molecule has 2 heterocycles. The van der Waals surface area contributed by atoms with Gasteiger partial charge in [0, 0.05) is 46.3 Å². The van der Waals surface area contributed by atoms with E-state index in [9.17, 15) is 9.59 Å². The van der Waals surface area contributed by atoms with Crippen LogP contribution in [0.15, 0.2) is 0 Å². The number of hydrogen-bond donors (Lipinski definition) is 1. The number of piperazine rings is 2. The number of rotatable bonds is 2. The highest BCUT2D eigenvalue weighted by atomic mass is 16.2. The fraction of sp³-hybridized carbons (Fsp3) is 0.857. The van der Waals surface area contributed by atoms with Gasteiger partial charge in [0.15, 0.2) is 0 Å². The molecular weight excluding hydrogens is 256 g/mol. The molecule has 1 N–H and O–H groups in total. The Labute approximate surface area is 121 Å². The molecule has 6 heteroatoms. The van der Waals surface area contributed by atoms with Gasteiger partial charge in [-0.05, 0) is 20.8 Å². The average molecular weight is 282 g/mol. The van der Waals surface area contributed by atoms with Crippen molar-refractivity contribution in [1.29, 1.82) is 0 Å². The molecule has 0 aromatic rings. The Morgan fingerprint density at radius 3 is 2.40 bits per heavy atom. The standard InChI is InChI=1S/C14H26N4O2/c1-11(12(19)17-7-5-15-6-8-17)18-10-9-16(4)13(20)14(18,2)3/h11,15H,5-10H2,1-4H3. The molecule has 0 spiro atoms. The molecule has 1 atom stereocenters. The average Bonchev–Trinajstić information content (AvgIpc) is 2.44. The summed E-state index contributed by atoms with van der Waals surface area (Å²) in [6, 6.07) is -0.249. The molecule has 0 saturated carbocycles. The van der Waals surface area contributed by atoms with E-state index in [1.165, 1.54) is 0 Å². The molecule has 2 amide bonds. The van der Waals surface area contributed by atoms with Crippen molar-refractivity contribution < 1.29 is 9.59 Å². The minimum Gasteiger partial charge on any atom is -0.343 e. The molecule has 2 aliphatic rings. The lowest BCUT2D eigenvalue weighted by atomic mass is 9.95. The molecule has 0 aromatic carbocycles. The Kier molecular flexibility index (Phi) is 4.34. The van der Waals surface area contributed by atoms with Crippen LogP contribution in [0.5, 0.6) is 0 Å². The summed E-state index contributed by atoms with van der Waals surface area (Å²) in [5, 5.41) is 3.25. The van der Waals surface area contributed by atoms with Crippen LogP contribution in [0, 0.1) is 0 Å². The van der Waals surface area contributed by atoms with E-state index in [1.54, 1.807) is 4.90 Å². The number of hydrogen-bond acceptors (Lipinski definition) is 4. The van der Waals surface area contributed by atoms with Crippen LogP contribution in [0.2, 0.25) is 0 Å². The number of nitrogens with one attached hydrogen (secondary N) is 1. The summed E-state index contributed by atoms with van der Waals surface area (Å²) in [6.45, 7) is 10.4. The van der Waals surface area contributed by atoms with Gasteiger partial charge in [-0.2, -0.15) is 0 Å². The first-order chi connectivity index (χ1) is 9.35. The summed E-state index contributed by atoms with van der Waals surface area (Å²) >= 11 is 0. The molecule has 6 nitrogen and oxygen atoms in total. The molecule has 2 fully saturated rings. The summed E-state index contributed by atoms with van der Waals surface area (Å²) < 4.78 is 0. The van der Waals surface area contributed by atoms with Crippen LogP contribution in [0.1, 0.15) is 20.8 Å². The van der Waals surface area contributed by atoms with Crippen molar-refractivity contribution in [2.75, 3.05) is 46.3 Å². The minimum atomic E-state index is -0.615. The van der Waals surface area contributed by atoms with E-state index in [4.69, 9.17) is 0 Å². The van der Waals surface area contributed by atoms with Gasteiger partial charge in [-0.15, -0.1) is 0 Å². The zero-order valence-electron chi connectivity index (χ0n) is 13.0. The Balaban J connectivity index is 2.09. The van der Waals surface area contributed by atoms with Crippen LogP contribution in [-0.2, 0) is 9.59 Å². The van der Waals surface area contributed by atoms with Crippen LogP contribution < -0.4 is 5.32 Å². The zero-order valence-corrected chi connectivity index (χ0v) is 13.0. The second kappa shape index (κ2) is 5.69. The third-order valence-electron chi connectivity index (χ3n) is 4.52. The van der Waals surface area contributed by atoms with Crippen molar-refractivity contribution in [1.82, 2.24) is 20.0 Å². The lowest BCUT2D eigenvalue weighted by Crippen LogP contribution is -2.67. The van der Waals surface area contributed by atoms with Gasteiger partial charge < -0.3 is 15.1 Å². The Morgan fingerprint density at radius 1 is 1.20 bits per heavy atom. The van der Waals surface area contributed by atoms with E-state index in [0.717, 1.165) is 32.7 Å². The zero-order chi connectivity index (χ0) is 14.9. The van der Waals surface area contributed by atoms with Crippen LogP contribution in [0.3, 0.4) is 0 Å². The molecule has 2 aliphatic heterocycles. The molecule has 0 aromatic heterocycles. The molecule has 20 heavy (non-hydrogen) atoms. The highest BCUT2D eigenvalue weighted by Crippen LogP contribution is 2.25. The highest BCUT2D eigenvalue weighted by Gasteiger charge is 2.44. The van der Waals surface area contributed by atoms with Gasteiger partial charge in [0.05, 0.1) is 11.6 Å². The van der Waals surface area contributed by atoms with Crippen molar-refractivity contribution in [2.45, 2.75) is 32.4 Å². The number of amides is 2. The van der Waals surface area contributed by atoms with Crippen LogP contribution in [0.4, 0.5) is 0 Å². The summed E-state index contributed by atoms with van der Waals surface area (Å²) in [5.74, 6) is 0.223. The molecule has 0 bridgehead atoms. The van der Waals surface area contributed by atoms with Crippen molar-refractivity contribution in [3.05, 3.63) is 0 Å². The van der Waals surface area contributed by atoms with Gasteiger partial charge in [-0.3, -0.25) is 14.5 Å². The second-order valence-electron chi connectivity index (χ2n) is 6.23. The number of carbonyl (C=O) groups excluding carboxylic acids is 2. The molecule has 114 valence electrons. The smallest absolute Gasteiger partial charge is 0.242 e. The van der Waals surface area contributed by atoms with Crippen LogP contribution in [-0.4, -0.2) is 84.4 Å². The van der Waals surface area contributed by atoms with E-state index in [2.05, 4.69) is 5.32 Å². The lowest BCUT2D eigenvalue weighted by molar-refractivity contribution is -0.154. The van der Waals surface area contributed by atoms with E-state index in [-0.39, 0.29) is 17.9 Å². The minimum absolute atomic E-state index is 0.0868. The maximum atomic E-state index is 12.6. The maximum Gasteiger partial charge on any atom is 0.242 e. The van der Waals surface area contributed by atoms with Crippen molar-refractivity contribution in [3.63, 3.8) is 0 Å². The monoisotopic (exact) mass is 282 g/mol. The second-order valence-corrected chi connectivity index (χ2v) is 6.23. The summed E-state index contributed by atoms with van der Waals surface area (Å²) in [5.41, 5.74) is -0.615. The number of likely N-dealkylation sites (N-methyl/N-ethyl adjacent to an activating group) is 1. The van der Waals surface area contributed by atoms with Gasteiger partial charge in [-0.1, -0.05) is 0 Å². The first-order valence-electron chi connectivity index (χ1n) is 7.37. The lowest BCUT2D eigenvalue weighted by Gasteiger charge is -2.48. The first-order valence-corrected chi connectivity index (χ1v) is 7.37. The van der Waals surface area contributed by atoms with Gasteiger partial charge in [-0.25, -0.2) is 0 Å². The van der Waals surface area contributed by atoms with Crippen LogP contribution in [0.25, 0.3) is 0 Å². The Hall–Kier alpha value is -1.14. The third kappa shape index (κ3) is 2.67. The summed E-state index contributed by atoms with van der Waals surface area (Å²) in [4.78, 5) is 30.6. The van der Waals surface area contributed by atoms with Crippen LogP contribution >= 0.6 is 0 Å².